The van der Waals surface area contributed by atoms with Gasteiger partial charge >= 0.3 is 12.0 Å². The zero-order valence-electron chi connectivity index (χ0n) is 15.7. The number of anilines is 1. The van der Waals surface area contributed by atoms with Crippen LogP contribution in [0.3, 0.4) is 0 Å². The van der Waals surface area contributed by atoms with E-state index in [1.807, 2.05) is 32.9 Å². The van der Waals surface area contributed by atoms with E-state index in [0.717, 1.165) is 23.5 Å². The second kappa shape index (κ2) is 8.31. The van der Waals surface area contributed by atoms with Gasteiger partial charge in [0.05, 0.1) is 12.8 Å². The number of hydrogen-bond donors (Lipinski definition) is 0. The number of rotatable bonds is 4. The number of para-hydroxylation sites is 1. The maximum absolute atomic E-state index is 12.2. The molecular formula is C19H26N2O5. The topological polar surface area (TPSA) is 76.2 Å². The lowest BCUT2D eigenvalue weighted by Crippen LogP contribution is -2.41. The largest absolute Gasteiger partial charge is 0.444 e. The number of amides is 2. The molecule has 1 heterocycles. The number of carbonyl (C=O) groups excluding carboxylic acids is 3. The van der Waals surface area contributed by atoms with Crippen molar-refractivity contribution in [1.29, 1.82) is 0 Å². The van der Waals surface area contributed by atoms with Crippen LogP contribution < -0.4 is 5.06 Å². The van der Waals surface area contributed by atoms with E-state index < -0.39 is 11.5 Å². The third-order valence-corrected chi connectivity index (χ3v) is 4.23. The average Bonchev–Trinajstić information content (AvgIpc) is 2.61. The monoisotopic (exact) mass is 362 g/mol. The zero-order valence-corrected chi connectivity index (χ0v) is 15.7. The van der Waals surface area contributed by atoms with Gasteiger partial charge in [0.15, 0.2) is 0 Å². The number of piperidine rings is 1. The Morgan fingerprint density at radius 2 is 1.81 bits per heavy atom. The number of hydrogen-bond acceptors (Lipinski definition) is 5. The van der Waals surface area contributed by atoms with Crippen molar-refractivity contribution in [2.75, 3.05) is 25.3 Å². The van der Waals surface area contributed by atoms with E-state index in [0.29, 0.717) is 18.8 Å². The Labute approximate surface area is 153 Å². The van der Waals surface area contributed by atoms with E-state index in [1.165, 1.54) is 7.11 Å². The van der Waals surface area contributed by atoms with Crippen LogP contribution in [0.15, 0.2) is 24.3 Å². The highest BCUT2D eigenvalue weighted by atomic mass is 16.7. The van der Waals surface area contributed by atoms with E-state index >= 15 is 0 Å². The van der Waals surface area contributed by atoms with Gasteiger partial charge in [0, 0.05) is 13.1 Å². The standard InChI is InChI=1S/C19H26N2O5/c1-19(2,3)26-18(24)20-11-9-14(10-12-20)15-7-5-6-8-16(15)21(25-4)17(23)13-22/h5-8,13-14H,9-12H2,1-4H3. The lowest BCUT2D eigenvalue weighted by molar-refractivity contribution is -0.133. The van der Waals surface area contributed by atoms with Gasteiger partial charge in [-0.25, -0.2) is 4.79 Å². The first-order valence-electron chi connectivity index (χ1n) is 8.67. The Bertz CT molecular complexity index is 660. The van der Waals surface area contributed by atoms with Crippen LogP contribution >= 0.6 is 0 Å². The minimum Gasteiger partial charge on any atom is -0.444 e. The Morgan fingerprint density at radius 1 is 1.19 bits per heavy atom. The zero-order chi connectivity index (χ0) is 19.3. The molecule has 1 saturated heterocycles. The van der Waals surface area contributed by atoms with Crippen molar-refractivity contribution in [2.45, 2.75) is 45.1 Å². The van der Waals surface area contributed by atoms with Crippen LogP contribution in [0.4, 0.5) is 10.5 Å². The molecule has 0 unspecified atom stereocenters. The predicted molar refractivity (Wildman–Crippen MR) is 96.8 cm³/mol. The van der Waals surface area contributed by atoms with Gasteiger partial charge in [-0.3, -0.25) is 14.4 Å². The van der Waals surface area contributed by atoms with Crippen LogP contribution in [0.1, 0.15) is 45.1 Å². The molecule has 2 rings (SSSR count). The number of aldehydes is 1. The molecule has 26 heavy (non-hydrogen) atoms. The molecule has 7 heteroatoms. The quantitative estimate of drug-likeness (QED) is 0.468. The molecule has 142 valence electrons. The third-order valence-electron chi connectivity index (χ3n) is 4.23. The third kappa shape index (κ3) is 4.82. The average molecular weight is 362 g/mol. The smallest absolute Gasteiger partial charge is 0.410 e. The van der Waals surface area contributed by atoms with Crippen LogP contribution in [0.5, 0.6) is 0 Å². The molecule has 0 aliphatic carbocycles. The summed E-state index contributed by atoms with van der Waals surface area (Å²) in [4.78, 5) is 41.7. The Kier molecular flexibility index (Phi) is 6.37. The van der Waals surface area contributed by atoms with E-state index in [9.17, 15) is 14.4 Å². The molecule has 2 amide bonds. The van der Waals surface area contributed by atoms with Crippen molar-refractivity contribution in [2.24, 2.45) is 0 Å². The fourth-order valence-corrected chi connectivity index (χ4v) is 3.07. The van der Waals surface area contributed by atoms with Crippen molar-refractivity contribution < 1.29 is 24.0 Å². The summed E-state index contributed by atoms with van der Waals surface area (Å²) in [6.45, 7) is 6.68. The molecule has 0 N–H and O–H groups in total. The number of likely N-dealkylation sites (tertiary alicyclic amines) is 1. The van der Waals surface area contributed by atoms with Crippen LogP contribution in [-0.4, -0.2) is 49.0 Å². The number of hydroxylamine groups is 1. The molecule has 0 atom stereocenters. The van der Waals surface area contributed by atoms with Crippen molar-refractivity contribution in [1.82, 2.24) is 4.90 Å². The summed E-state index contributed by atoms with van der Waals surface area (Å²) >= 11 is 0. The van der Waals surface area contributed by atoms with Crippen LogP contribution in [0.25, 0.3) is 0 Å². The second-order valence-electron chi connectivity index (χ2n) is 7.23. The fourth-order valence-electron chi connectivity index (χ4n) is 3.07. The number of benzene rings is 1. The first-order valence-corrected chi connectivity index (χ1v) is 8.67. The molecule has 7 nitrogen and oxygen atoms in total. The van der Waals surface area contributed by atoms with Crippen molar-refractivity contribution in [3.05, 3.63) is 29.8 Å². The van der Waals surface area contributed by atoms with E-state index in [1.54, 1.807) is 17.0 Å². The SMILES string of the molecule is CON(C(=O)C=O)c1ccccc1C1CCN(C(=O)OC(C)(C)C)CC1. The molecule has 0 saturated carbocycles. The first kappa shape index (κ1) is 19.9. The van der Waals surface area contributed by atoms with Gasteiger partial charge in [-0.1, -0.05) is 18.2 Å². The molecule has 0 aromatic heterocycles. The van der Waals surface area contributed by atoms with Gasteiger partial charge in [0.2, 0.25) is 6.29 Å². The highest BCUT2D eigenvalue weighted by Crippen LogP contribution is 2.35. The summed E-state index contributed by atoms with van der Waals surface area (Å²) in [7, 11) is 1.35. The second-order valence-corrected chi connectivity index (χ2v) is 7.23. The molecule has 1 aliphatic rings. The minimum absolute atomic E-state index is 0.155. The van der Waals surface area contributed by atoms with Gasteiger partial charge in [0.1, 0.15) is 5.60 Å². The Balaban J connectivity index is 2.11. The van der Waals surface area contributed by atoms with Crippen LogP contribution in [-0.2, 0) is 19.2 Å². The summed E-state index contributed by atoms with van der Waals surface area (Å²) in [5, 5.41) is 1.00. The Hall–Kier alpha value is -2.41. The lowest BCUT2D eigenvalue weighted by atomic mass is 9.88. The molecular weight excluding hydrogens is 336 g/mol. The molecule has 1 aromatic carbocycles. The molecule has 0 spiro atoms. The summed E-state index contributed by atoms with van der Waals surface area (Å²) in [5.41, 5.74) is 0.963. The maximum atomic E-state index is 12.2. The maximum Gasteiger partial charge on any atom is 0.410 e. The molecule has 0 bridgehead atoms. The van der Waals surface area contributed by atoms with E-state index in [2.05, 4.69) is 0 Å². The highest BCUT2D eigenvalue weighted by Gasteiger charge is 2.30. The van der Waals surface area contributed by atoms with E-state index in [-0.39, 0.29) is 18.3 Å². The predicted octanol–water partition coefficient (Wildman–Crippen LogP) is 2.89. The van der Waals surface area contributed by atoms with Gasteiger partial charge in [0.25, 0.3) is 0 Å². The van der Waals surface area contributed by atoms with Crippen LogP contribution in [0, 0.1) is 0 Å². The molecule has 1 aliphatic heterocycles. The summed E-state index contributed by atoms with van der Waals surface area (Å²) in [5.74, 6) is -0.604. The van der Waals surface area contributed by atoms with Crippen molar-refractivity contribution >= 4 is 24.0 Å². The van der Waals surface area contributed by atoms with Crippen LogP contribution in [0.2, 0.25) is 0 Å². The van der Waals surface area contributed by atoms with Gasteiger partial charge in [-0.2, -0.15) is 5.06 Å². The molecule has 1 fully saturated rings. The van der Waals surface area contributed by atoms with Gasteiger partial charge in [-0.05, 0) is 51.2 Å². The molecule has 0 radical (unpaired) electrons. The van der Waals surface area contributed by atoms with Gasteiger partial charge in [-0.15, -0.1) is 0 Å². The molecule has 1 aromatic rings. The van der Waals surface area contributed by atoms with Gasteiger partial charge < -0.3 is 9.64 Å². The van der Waals surface area contributed by atoms with Crippen molar-refractivity contribution in [3.63, 3.8) is 0 Å². The highest BCUT2D eigenvalue weighted by molar-refractivity contribution is 6.29. The first-order chi connectivity index (χ1) is 12.3. The van der Waals surface area contributed by atoms with Crippen molar-refractivity contribution in [3.8, 4) is 0 Å². The Morgan fingerprint density at radius 3 is 2.35 bits per heavy atom. The lowest BCUT2D eigenvalue weighted by Gasteiger charge is -2.34. The summed E-state index contributed by atoms with van der Waals surface area (Å²) < 4.78 is 5.42. The number of carbonyl (C=O) groups is 3. The fraction of sp³-hybridized carbons (Fsp3) is 0.526. The summed E-state index contributed by atoms with van der Waals surface area (Å²) in [6.07, 6.45) is 1.40. The van der Waals surface area contributed by atoms with E-state index in [4.69, 9.17) is 9.57 Å². The number of nitrogens with zero attached hydrogens (tertiary/aromatic N) is 2. The normalized spacial score (nSPS) is 15.5. The number of ether oxygens (including phenoxy) is 1. The summed E-state index contributed by atoms with van der Waals surface area (Å²) in [6, 6.07) is 7.35. The minimum atomic E-state index is -0.758.